The van der Waals surface area contributed by atoms with E-state index in [0.717, 1.165) is 0 Å². The highest BCUT2D eigenvalue weighted by atomic mass is 32.2. The zero-order chi connectivity index (χ0) is 16.8. The number of ether oxygens (including phenoxy) is 1. The molecule has 1 aromatic carbocycles. The molecule has 8 heteroatoms. The Hall–Kier alpha value is -1.09. The van der Waals surface area contributed by atoms with Crippen LogP contribution in [0.2, 0.25) is 0 Å². The number of aliphatic hydroxyl groups is 1. The Morgan fingerprint density at radius 3 is 2.59 bits per heavy atom. The second-order valence-corrected chi connectivity index (χ2v) is 7.60. The Balaban J connectivity index is 2.92. The van der Waals surface area contributed by atoms with Crippen LogP contribution in [0.5, 0.6) is 0 Å². The van der Waals surface area contributed by atoms with Crippen LogP contribution >= 0.6 is 11.8 Å². The highest BCUT2D eigenvalue weighted by Gasteiger charge is 2.23. The fourth-order valence-corrected chi connectivity index (χ4v) is 4.18. The molecule has 2 unspecified atom stereocenters. The van der Waals surface area contributed by atoms with Gasteiger partial charge < -0.3 is 9.84 Å². The molecule has 2 atom stereocenters. The van der Waals surface area contributed by atoms with Gasteiger partial charge in [0, 0.05) is 11.3 Å². The molecule has 0 aromatic heterocycles. The molecule has 6 nitrogen and oxygen atoms in total. The molecule has 124 valence electrons. The minimum atomic E-state index is -3.65. The van der Waals surface area contributed by atoms with Crippen LogP contribution in [0.3, 0.4) is 0 Å². The van der Waals surface area contributed by atoms with E-state index in [4.69, 9.17) is 0 Å². The number of rotatable bonds is 8. The number of benzene rings is 1. The molecule has 0 saturated heterocycles. The van der Waals surface area contributed by atoms with Crippen LogP contribution in [0.4, 0.5) is 0 Å². The molecule has 0 fully saturated rings. The predicted molar refractivity (Wildman–Crippen MR) is 87.4 cm³/mol. The van der Waals surface area contributed by atoms with Gasteiger partial charge in [-0.25, -0.2) is 17.9 Å². The van der Waals surface area contributed by atoms with Crippen LogP contribution in [0.25, 0.3) is 0 Å². The largest absolute Gasteiger partial charge is 0.465 e. The Kier molecular flexibility index (Phi) is 7.34. The van der Waals surface area contributed by atoms with E-state index in [0.29, 0.717) is 5.56 Å². The van der Waals surface area contributed by atoms with Crippen molar-refractivity contribution < 1.29 is 23.1 Å². The van der Waals surface area contributed by atoms with Crippen molar-refractivity contribution in [2.45, 2.75) is 24.0 Å². The van der Waals surface area contributed by atoms with Gasteiger partial charge in [0.25, 0.3) is 0 Å². The van der Waals surface area contributed by atoms with E-state index in [-0.39, 0.29) is 23.2 Å². The molecular formula is C14H21NO5S2. The molecule has 1 rings (SSSR count). The van der Waals surface area contributed by atoms with Crippen molar-refractivity contribution in [2.24, 2.45) is 0 Å². The van der Waals surface area contributed by atoms with Crippen LogP contribution in [0, 0.1) is 0 Å². The maximum Gasteiger partial charge on any atom is 0.338 e. The third kappa shape index (κ3) is 5.28. The van der Waals surface area contributed by atoms with Crippen molar-refractivity contribution in [1.82, 2.24) is 4.72 Å². The van der Waals surface area contributed by atoms with Crippen LogP contribution in [0.1, 0.15) is 22.8 Å². The van der Waals surface area contributed by atoms with Gasteiger partial charge in [-0.3, -0.25) is 0 Å². The molecule has 0 spiro atoms. The number of aliphatic hydroxyl groups excluding tert-OH is 1. The predicted octanol–water partition coefficient (Wildman–Crippen LogP) is 1.00. The lowest BCUT2D eigenvalue weighted by molar-refractivity contribution is 0.0600. The van der Waals surface area contributed by atoms with Gasteiger partial charge in [-0.15, -0.1) is 0 Å². The van der Waals surface area contributed by atoms with Gasteiger partial charge in [0.15, 0.2) is 0 Å². The lowest BCUT2D eigenvalue weighted by atomic mass is 10.1. The summed E-state index contributed by atoms with van der Waals surface area (Å²) in [4.78, 5) is 11.7. The number of methoxy groups -OCH3 is 1. The monoisotopic (exact) mass is 347 g/mol. The van der Waals surface area contributed by atoms with Crippen LogP contribution in [0.15, 0.2) is 24.3 Å². The zero-order valence-corrected chi connectivity index (χ0v) is 14.4. The molecule has 0 saturated carbocycles. The summed E-state index contributed by atoms with van der Waals surface area (Å²) < 4.78 is 31.7. The van der Waals surface area contributed by atoms with Crippen LogP contribution in [-0.4, -0.2) is 50.8 Å². The first-order valence-electron chi connectivity index (χ1n) is 6.64. The van der Waals surface area contributed by atoms with Crippen molar-refractivity contribution in [1.29, 1.82) is 0 Å². The topological polar surface area (TPSA) is 92.7 Å². The molecule has 2 N–H and O–H groups in total. The summed E-state index contributed by atoms with van der Waals surface area (Å²) in [6, 6.07) is 6.00. The smallest absolute Gasteiger partial charge is 0.338 e. The van der Waals surface area contributed by atoms with Gasteiger partial charge >= 0.3 is 5.97 Å². The summed E-state index contributed by atoms with van der Waals surface area (Å²) in [5.74, 6) is -0.897. The van der Waals surface area contributed by atoms with Gasteiger partial charge in [-0.1, -0.05) is 18.2 Å². The van der Waals surface area contributed by atoms with E-state index < -0.39 is 22.0 Å². The third-order valence-corrected chi connectivity index (χ3v) is 5.76. The molecule has 0 aliphatic heterocycles. The normalized spacial score (nSPS) is 14.4. The highest BCUT2D eigenvalue weighted by molar-refractivity contribution is 7.99. The molecule has 0 aliphatic carbocycles. The van der Waals surface area contributed by atoms with Gasteiger partial charge in [0.2, 0.25) is 10.0 Å². The van der Waals surface area contributed by atoms with E-state index >= 15 is 0 Å². The van der Waals surface area contributed by atoms with Crippen molar-refractivity contribution >= 4 is 27.8 Å². The third-order valence-electron chi connectivity index (χ3n) is 3.17. The summed E-state index contributed by atoms with van der Waals surface area (Å²) in [5.41, 5.74) is 0.602. The molecule has 0 amide bonds. The van der Waals surface area contributed by atoms with Crippen molar-refractivity contribution in [3.8, 4) is 0 Å². The number of esters is 1. The summed E-state index contributed by atoms with van der Waals surface area (Å²) in [7, 11) is -2.40. The average Bonchev–Trinajstić information content (AvgIpc) is 2.47. The maximum atomic E-state index is 12.3. The number of sulfonamides is 1. The second kappa shape index (κ2) is 8.52. The second-order valence-electron chi connectivity index (χ2n) is 4.77. The fraction of sp³-hybridized carbons (Fsp3) is 0.500. The summed E-state index contributed by atoms with van der Waals surface area (Å²) in [6.07, 6.45) is 1.80. The van der Waals surface area contributed by atoms with Gasteiger partial charge in [0.05, 0.1) is 25.0 Å². The van der Waals surface area contributed by atoms with E-state index in [2.05, 4.69) is 9.46 Å². The van der Waals surface area contributed by atoms with Gasteiger partial charge in [0.1, 0.15) is 0 Å². The van der Waals surface area contributed by atoms with E-state index in [1.807, 2.05) is 0 Å². The first-order valence-corrected chi connectivity index (χ1v) is 9.58. The van der Waals surface area contributed by atoms with E-state index in [9.17, 15) is 18.3 Å². The van der Waals surface area contributed by atoms with Crippen LogP contribution < -0.4 is 4.72 Å². The van der Waals surface area contributed by atoms with E-state index in [1.54, 1.807) is 31.4 Å². The highest BCUT2D eigenvalue weighted by Crippen LogP contribution is 2.16. The van der Waals surface area contributed by atoms with Crippen molar-refractivity contribution in [3.05, 3.63) is 35.4 Å². The quantitative estimate of drug-likeness (QED) is 0.682. The summed E-state index contributed by atoms with van der Waals surface area (Å²) in [5, 5.41) is 8.98. The summed E-state index contributed by atoms with van der Waals surface area (Å²) >= 11 is 1.39. The number of thioether (sulfide) groups is 1. The Labute approximate surface area is 135 Å². The lowest BCUT2D eigenvalue weighted by Gasteiger charge is -2.21. The molecule has 1 aromatic rings. The first-order chi connectivity index (χ1) is 10.3. The number of carbonyl (C=O) groups is 1. The molecule has 0 aliphatic rings. The SMILES string of the molecule is COC(=O)c1ccccc1CS(=O)(=O)NC(C)C(CO)SC. The molecular weight excluding hydrogens is 326 g/mol. The molecule has 22 heavy (non-hydrogen) atoms. The standard InChI is InChI=1S/C14H21NO5S2/c1-10(13(8-16)21-3)15-22(18,19)9-11-6-4-5-7-12(11)14(17)20-2/h4-7,10,13,15-16H,8-9H2,1-3H3. The molecule has 0 bridgehead atoms. The van der Waals surface area contributed by atoms with Crippen LogP contribution in [-0.2, 0) is 20.5 Å². The number of hydrogen-bond donors (Lipinski definition) is 2. The Morgan fingerprint density at radius 2 is 2.05 bits per heavy atom. The number of carbonyl (C=O) groups excluding carboxylic acids is 1. The number of hydrogen-bond acceptors (Lipinski definition) is 6. The minimum absolute atomic E-state index is 0.121. The Morgan fingerprint density at radius 1 is 1.41 bits per heavy atom. The molecule has 0 radical (unpaired) electrons. The number of nitrogens with one attached hydrogen (secondary N) is 1. The fourth-order valence-electron chi connectivity index (χ4n) is 2.00. The van der Waals surface area contributed by atoms with Crippen molar-refractivity contribution in [3.63, 3.8) is 0 Å². The molecule has 0 heterocycles. The summed E-state index contributed by atoms with van der Waals surface area (Å²) in [6.45, 7) is 1.57. The van der Waals surface area contributed by atoms with Crippen molar-refractivity contribution in [2.75, 3.05) is 20.0 Å². The first kappa shape index (κ1) is 19.0. The van der Waals surface area contributed by atoms with Gasteiger partial charge in [-0.05, 0) is 24.8 Å². The average molecular weight is 347 g/mol. The lowest BCUT2D eigenvalue weighted by Crippen LogP contribution is -2.41. The van der Waals surface area contributed by atoms with E-state index in [1.165, 1.54) is 24.9 Å². The Bertz CT molecular complexity index is 599. The zero-order valence-electron chi connectivity index (χ0n) is 12.8. The maximum absolute atomic E-state index is 12.3. The minimum Gasteiger partial charge on any atom is -0.465 e. The van der Waals surface area contributed by atoms with Gasteiger partial charge in [-0.2, -0.15) is 11.8 Å².